The van der Waals surface area contributed by atoms with Gasteiger partial charge in [-0.15, -0.1) is 5.10 Å². The highest BCUT2D eigenvalue weighted by Crippen LogP contribution is 2.31. The fraction of sp³-hybridized carbons (Fsp3) is 0.310. The minimum Gasteiger partial charge on any atom is -0.497 e. The van der Waals surface area contributed by atoms with E-state index in [1.807, 2.05) is 36.4 Å². The zero-order valence-corrected chi connectivity index (χ0v) is 22.1. The van der Waals surface area contributed by atoms with Crippen molar-refractivity contribution in [1.29, 1.82) is 0 Å². The van der Waals surface area contributed by atoms with Gasteiger partial charge in [0.25, 0.3) is 0 Å². The summed E-state index contributed by atoms with van der Waals surface area (Å²) >= 11 is 0. The van der Waals surface area contributed by atoms with Crippen LogP contribution in [0.2, 0.25) is 0 Å². The van der Waals surface area contributed by atoms with Crippen LogP contribution < -0.4 is 19.7 Å². The molecule has 0 aliphatic carbocycles. The topological polar surface area (TPSA) is 98.6 Å². The van der Waals surface area contributed by atoms with E-state index in [0.717, 1.165) is 11.9 Å². The molecule has 3 aromatic carbocycles. The summed E-state index contributed by atoms with van der Waals surface area (Å²) in [5.74, 6) is 1.05. The van der Waals surface area contributed by atoms with Crippen molar-refractivity contribution in [3.63, 3.8) is 0 Å². The molecule has 0 radical (unpaired) electrons. The first-order valence-electron chi connectivity index (χ1n) is 12.6. The average molecular weight is 516 g/mol. The van der Waals surface area contributed by atoms with Crippen molar-refractivity contribution in [2.24, 2.45) is 5.92 Å². The molecule has 1 heterocycles. The van der Waals surface area contributed by atoms with E-state index in [-0.39, 0.29) is 18.4 Å². The van der Waals surface area contributed by atoms with E-state index < -0.39 is 6.04 Å². The van der Waals surface area contributed by atoms with E-state index in [4.69, 9.17) is 9.47 Å². The van der Waals surface area contributed by atoms with Gasteiger partial charge in [0.05, 0.1) is 19.7 Å². The lowest BCUT2D eigenvalue weighted by Crippen LogP contribution is -2.45. The predicted molar refractivity (Wildman–Crippen MR) is 146 cm³/mol. The fourth-order valence-corrected chi connectivity index (χ4v) is 4.23. The van der Waals surface area contributed by atoms with Crippen LogP contribution in [0.3, 0.4) is 0 Å². The molecule has 0 unspecified atom stereocenters. The van der Waals surface area contributed by atoms with E-state index in [1.165, 1.54) is 4.90 Å². The third-order valence-corrected chi connectivity index (χ3v) is 6.26. The lowest BCUT2D eigenvalue weighted by atomic mass is 10.0. The minimum atomic E-state index is -0.951. The van der Waals surface area contributed by atoms with Crippen molar-refractivity contribution in [2.45, 2.75) is 32.9 Å². The van der Waals surface area contributed by atoms with Crippen molar-refractivity contribution < 1.29 is 19.1 Å². The van der Waals surface area contributed by atoms with Gasteiger partial charge in [-0.05, 0) is 66.4 Å². The van der Waals surface area contributed by atoms with Crippen LogP contribution >= 0.6 is 0 Å². The molecule has 0 saturated heterocycles. The summed E-state index contributed by atoms with van der Waals surface area (Å²) in [6.07, 6.45) is 0.817. The number of carbonyl (C=O) groups excluding carboxylic acids is 2. The zero-order chi connectivity index (χ0) is 27.1. The number of para-hydroxylation sites is 1. The molecule has 0 aliphatic rings. The van der Waals surface area contributed by atoms with Gasteiger partial charge in [-0.25, -0.2) is 4.68 Å². The Morgan fingerprint density at radius 3 is 2.39 bits per heavy atom. The first-order valence-corrected chi connectivity index (χ1v) is 12.6. The summed E-state index contributed by atoms with van der Waals surface area (Å²) in [5.41, 5.74) is 2.59. The second-order valence-corrected chi connectivity index (χ2v) is 9.35. The summed E-state index contributed by atoms with van der Waals surface area (Å²) in [5, 5.41) is 11.4. The molecule has 0 aliphatic heterocycles. The summed E-state index contributed by atoms with van der Waals surface area (Å²) < 4.78 is 12.3. The van der Waals surface area contributed by atoms with Crippen molar-refractivity contribution in [1.82, 2.24) is 20.3 Å². The Kier molecular flexibility index (Phi) is 8.58. The van der Waals surface area contributed by atoms with E-state index in [0.29, 0.717) is 40.7 Å². The van der Waals surface area contributed by atoms with Crippen LogP contribution in [-0.2, 0) is 16.1 Å². The van der Waals surface area contributed by atoms with E-state index in [9.17, 15) is 9.59 Å². The molecule has 0 spiro atoms. The zero-order valence-electron chi connectivity index (χ0n) is 22.1. The maximum absolute atomic E-state index is 14.1. The van der Waals surface area contributed by atoms with Crippen molar-refractivity contribution in [2.75, 3.05) is 25.7 Å². The molecule has 38 heavy (non-hydrogen) atoms. The van der Waals surface area contributed by atoms with E-state index >= 15 is 0 Å². The van der Waals surface area contributed by atoms with Gasteiger partial charge < -0.3 is 14.8 Å². The van der Waals surface area contributed by atoms with Crippen LogP contribution in [-0.4, -0.2) is 47.6 Å². The lowest BCUT2D eigenvalue weighted by molar-refractivity contribution is -0.127. The summed E-state index contributed by atoms with van der Waals surface area (Å²) in [4.78, 5) is 29.3. The number of nitrogens with zero attached hydrogens (tertiary/aromatic N) is 4. The van der Waals surface area contributed by atoms with Crippen LogP contribution in [0.1, 0.15) is 31.9 Å². The van der Waals surface area contributed by atoms with Crippen LogP contribution in [0.5, 0.6) is 11.5 Å². The number of fused-ring (bicyclic) bond motifs is 1. The van der Waals surface area contributed by atoms with Crippen LogP contribution in [0.4, 0.5) is 5.69 Å². The summed E-state index contributed by atoms with van der Waals surface area (Å²) in [7, 11) is 3.15. The van der Waals surface area contributed by atoms with Crippen molar-refractivity contribution >= 4 is 28.5 Å². The standard InChI is InChI=1S/C29H33N5O4/c1-20(2)16-17-30-29(36)28(21-8-7-9-24(18-21)38-4)34(22-12-14-23(37-3)15-13-22)27(35)19-33-26-11-6-5-10-25(26)31-32-33/h5-15,18,20,28H,16-17,19H2,1-4H3,(H,30,36)/t28-/m0/s1. The molecule has 2 amide bonds. The number of anilines is 1. The Morgan fingerprint density at radius 1 is 0.947 bits per heavy atom. The second kappa shape index (κ2) is 12.2. The maximum Gasteiger partial charge on any atom is 0.249 e. The third-order valence-electron chi connectivity index (χ3n) is 6.26. The van der Waals surface area contributed by atoms with Crippen LogP contribution in [0.25, 0.3) is 11.0 Å². The fourth-order valence-electron chi connectivity index (χ4n) is 4.23. The number of nitrogens with one attached hydrogen (secondary N) is 1. The number of aromatic nitrogens is 3. The third kappa shape index (κ3) is 6.11. The Balaban J connectivity index is 1.78. The van der Waals surface area contributed by atoms with E-state index in [2.05, 4.69) is 29.5 Å². The number of hydrogen-bond donors (Lipinski definition) is 1. The molecule has 0 saturated carbocycles. The molecule has 9 nitrogen and oxygen atoms in total. The molecule has 1 aromatic heterocycles. The Hall–Kier alpha value is -4.40. The molecule has 4 rings (SSSR count). The average Bonchev–Trinajstić information content (AvgIpc) is 3.34. The largest absolute Gasteiger partial charge is 0.497 e. The molecule has 4 aromatic rings. The van der Waals surface area contributed by atoms with E-state index in [1.54, 1.807) is 55.3 Å². The molecule has 0 bridgehead atoms. The second-order valence-electron chi connectivity index (χ2n) is 9.35. The molecule has 1 N–H and O–H groups in total. The SMILES string of the molecule is COc1ccc(N(C(=O)Cn2nnc3ccccc32)[C@H](C(=O)NCCC(C)C)c2cccc(OC)c2)cc1. The minimum absolute atomic E-state index is 0.105. The monoisotopic (exact) mass is 515 g/mol. The number of methoxy groups -OCH3 is 2. The van der Waals surface area contributed by atoms with Gasteiger partial charge in [-0.1, -0.05) is 43.3 Å². The number of hydrogen-bond acceptors (Lipinski definition) is 6. The first-order chi connectivity index (χ1) is 18.4. The van der Waals surface area contributed by atoms with Crippen LogP contribution in [0, 0.1) is 5.92 Å². The molecule has 198 valence electrons. The molecular formula is C29H33N5O4. The predicted octanol–water partition coefficient (Wildman–Crippen LogP) is 4.39. The summed E-state index contributed by atoms with van der Waals surface area (Å²) in [6.45, 7) is 4.59. The number of carbonyl (C=O) groups is 2. The van der Waals surface area contributed by atoms with Gasteiger partial charge in [0.15, 0.2) is 0 Å². The van der Waals surface area contributed by atoms with Gasteiger partial charge >= 0.3 is 0 Å². The van der Waals surface area contributed by atoms with Gasteiger partial charge in [0.2, 0.25) is 11.8 Å². The van der Waals surface area contributed by atoms with Gasteiger partial charge in [0.1, 0.15) is 29.6 Å². The number of amides is 2. The quantitative estimate of drug-likeness (QED) is 0.318. The highest BCUT2D eigenvalue weighted by Gasteiger charge is 2.33. The number of ether oxygens (including phenoxy) is 2. The Morgan fingerprint density at radius 2 is 1.68 bits per heavy atom. The van der Waals surface area contributed by atoms with Crippen molar-refractivity contribution in [3.05, 3.63) is 78.4 Å². The van der Waals surface area contributed by atoms with Crippen molar-refractivity contribution in [3.8, 4) is 11.5 Å². The number of rotatable bonds is 11. The highest BCUT2D eigenvalue weighted by atomic mass is 16.5. The molecular weight excluding hydrogens is 482 g/mol. The first kappa shape index (κ1) is 26.7. The van der Waals surface area contributed by atoms with Crippen LogP contribution in [0.15, 0.2) is 72.8 Å². The maximum atomic E-state index is 14.1. The Labute approximate surface area is 222 Å². The highest BCUT2D eigenvalue weighted by molar-refractivity contribution is 6.01. The lowest BCUT2D eigenvalue weighted by Gasteiger charge is -2.32. The smallest absolute Gasteiger partial charge is 0.249 e. The van der Waals surface area contributed by atoms with Gasteiger partial charge in [-0.2, -0.15) is 0 Å². The summed E-state index contributed by atoms with van der Waals surface area (Å²) in [6, 6.07) is 20.8. The normalized spacial score (nSPS) is 11.8. The number of benzene rings is 3. The van der Waals surface area contributed by atoms with Gasteiger partial charge in [-0.3, -0.25) is 14.5 Å². The van der Waals surface area contributed by atoms with Gasteiger partial charge in [0, 0.05) is 12.2 Å². The Bertz CT molecular complexity index is 1380. The molecule has 1 atom stereocenters. The molecule has 0 fully saturated rings. The molecule has 9 heteroatoms.